The van der Waals surface area contributed by atoms with Crippen molar-refractivity contribution >= 4 is 39.6 Å². The second kappa shape index (κ2) is 10.3. The lowest BCUT2D eigenvalue weighted by Gasteiger charge is -2.21. The van der Waals surface area contributed by atoms with Gasteiger partial charge in [0.15, 0.2) is 5.75 Å². The number of nitrogens with one attached hydrogen (secondary N) is 1. The van der Waals surface area contributed by atoms with Crippen molar-refractivity contribution in [3.8, 4) is 17.2 Å². The number of ether oxygens (including phenoxy) is 2. The molecule has 0 unspecified atom stereocenters. The Hall–Kier alpha value is -3.98. The zero-order chi connectivity index (χ0) is 27.0. The van der Waals surface area contributed by atoms with Crippen LogP contribution in [0.5, 0.6) is 17.2 Å². The second-order valence-corrected chi connectivity index (χ2v) is 11.7. The predicted molar refractivity (Wildman–Crippen MR) is 153 cm³/mol. The summed E-state index contributed by atoms with van der Waals surface area (Å²) in [5, 5.41) is 2.07. The number of aromatic nitrogens is 2. The Bertz CT molecular complexity index is 1540. The van der Waals surface area contributed by atoms with Crippen LogP contribution in [0.25, 0.3) is 11.0 Å². The average molecular weight is 543 g/mol. The van der Waals surface area contributed by atoms with Crippen molar-refractivity contribution in [2.45, 2.75) is 37.5 Å². The molecule has 0 saturated carbocycles. The van der Waals surface area contributed by atoms with E-state index in [1.165, 1.54) is 12.8 Å². The number of rotatable bonds is 8. The molecule has 0 bridgehead atoms. The minimum absolute atomic E-state index is 0.246. The van der Waals surface area contributed by atoms with Crippen LogP contribution in [0, 0.1) is 0 Å². The molecule has 4 aromatic rings. The Balaban J connectivity index is 1.13. The van der Waals surface area contributed by atoms with Gasteiger partial charge in [-0.3, -0.25) is 14.9 Å². The number of carbonyl (C=O) groups is 2. The zero-order valence-corrected chi connectivity index (χ0v) is 22.8. The van der Waals surface area contributed by atoms with Crippen molar-refractivity contribution in [1.82, 2.24) is 14.9 Å². The van der Waals surface area contributed by atoms with Gasteiger partial charge in [0, 0.05) is 26.2 Å². The van der Waals surface area contributed by atoms with E-state index in [0.717, 1.165) is 64.5 Å². The van der Waals surface area contributed by atoms with Gasteiger partial charge in [0.05, 0.1) is 16.7 Å². The van der Waals surface area contributed by atoms with Gasteiger partial charge < -0.3 is 18.9 Å². The maximum Gasteiger partial charge on any atom is 0.286 e. The first kappa shape index (κ1) is 25.3. The summed E-state index contributed by atoms with van der Waals surface area (Å²) >= 11 is 1.04. The summed E-state index contributed by atoms with van der Waals surface area (Å²) in [6.07, 6.45) is 2.89. The lowest BCUT2D eigenvalue weighted by Crippen LogP contribution is -2.35. The molecule has 0 spiro atoms. The summed E-state index contributed by atoms with van der Waals surface area (Å²) in [6, 6.07) is 21.8. The highest BCUT2D eigenvalue weighted by Gasteiger charge is 2.43. The van der Waals surface area contributed by atoms with Crippen LogP contribution >= 0.6 is 11.8 Å². The van der Waals surface area contributed by atoms with Gasteiger partial charge in [-0.2, -0.15) is 0 Å². The number of carbonyl (C=O) groups excluding carboxylic acids is 2. The van der Waals surface area contributed by atoms with E-state index >= 15 is 0 Å². The molecule has 3 aromatic carbocycles. The van der Waals surface area contributed by atoms with Crippen molar-refractivity contribution < 1.29 is 19.1 Å². The predicted octanol–water partition coefficient (Wildman–Crippen LogP) is 5.83. The standard InChI is InChI=1S/C30H30N4O4S/c1-30(28(35)32-29(36)39-30)18-20-9-11-21(12-10-20)37-19-27-31-23-14-13-22(17-25(23)33(27)2)38-26-8-4-3-7-24(26)34-15-5-6-16-34/h3-4,7-14,17H,5-6,15-16,18-19H2,1-2H3,(H,32,35,36)/t30-/m1/s1. The maximum atomic E-state index is 12.1. The highest BCUT2D eigenvalue weighted by atomic mass is 32.2. The minimum Gasteiger partial charge on any atom is -0.486 e. The quantitative estimate of drug-likeness (QED) is 0.300. The van der Waals surface area contributed by atoms with E-state index in [1.54, 1.807) is 6.92 Å². The molecule has 1 N–H and O–H groups in total. The smallest absolute Gasteiger partial charge is 0.286 e. The third-order valence-corrected chi connectivity index (χ3v) is 8.40. The lowest BCUT2D eigenvalue weighted by atomic mass is 9.99. The van der Waals surface area contributed by atoms with Gasteiger partial charge in [-0.05, 0) is 79.9 Å². The SMILES string of the molecule is Cn1c(COc2ccc(C[C@@]3(C)SC(=O)NC3=O)cc2)nc2ccc(Oc3ccccc3N3CCCC3)cc21. The molecular formula is C30H30N4O4S. The van der Waals surface area contributed by atoms with Crippen molar-refractivity contribution in [2.24, 2.45) is 7.05 Å². The highest BCUT2D eigenvalue weighted by molar-refractivity contribution is 8.16. The minimum atomic E-state index is -0.786. The van der Waals surface area contributed by atoms with Crippen molar-refractivity contribution in [3.05, 3.63) is 78.1 Å². The third kappa shape index (κ3) is 5.18. The van der Waals surface area contributed by atoms with E-state index in [9.17, 15) is 9.59 Å². The number of benzene rings is 3. The number of aryl methyl sites for hydroxylation is 1. The largest absolute Gasteiger partial charge is 0.486 e. The number of hydrogen-bond donors (Lipinski definition) is 1. The molecule has 1 aromatic heterocycles. The van der Waals surface area contributed by atoms with Gasteiger partial charge in [-0.25, -0.2) is 4.98 Å². The number of imide groups is 1. The first-order chi connectivity index (χ1) is 18.9. The number of hydrogen-bond acceptors (Lipinski definition) is 7. The molecule has 9 heteroatoms. The molecule has 2 aliphatic rings. The molecule has 2 amide bonds. The molecule has 1 atom stereocenters. The molecule has 8 nitrogen and oxygen atoms in total. The molecule has 2 aliphatic heterocycles. The Morgan fingerprint density at radius 2 is 1.74 bits per heavy atom. The van der Waals surface area contributed by atoms with Crippen molar-refractivity contribution in [2.75, 3.05) is 18.0 Å². The monoisotopic (exact) mass is 542 g/mol. The number of fused-ring (bicyclic) bond motifs is 1. The van der Waals surface area contributed by atoms with E-state index in [4.69, 9.17) is 14.5 Å². The van der Waals surface area contributed by atoms with Crippen LogP contribution < -0.4 is 19.7 Å². The van der Waals surface area contributed by atoms with Crippen molar-refractivity contribution in [1.29, 1.82) is 0 Å². The van der Waals surface area contributed by atoms with Crippen LogP contribution in [0.2, 0.25) is 0 Å². The number of amides is 2. The summed E-state index contributed by atoms with van der Waals surface area (Å²) in [5.41, 5.74) is 3.94. The Morgan fingerprint density at radius 1 is 1.00 bits per heavy atom. The topological polar surface area (TPSA) is 85.7 Å². The van der Waals surface area contributed by atoms with E-state index in [2.05, 4.69) is 22.3 Å². The molecule has 3 heterocycles. The van der Waals surface area contributed by atoms with Gasteiger partial charge in [0.2, 0.25) is 5.91 Å². The first-order valence-electron chi connectivity index (χ1n) is 13.1. The molecule has 2 saturated heterocycles. The molecule has 200 valence electrons. The maximum absolute atomic E-state index is 12.1. The molecular weight excluding hydrogens is 512 g/mol. The molecule has 0 radical (unpaired) electrons. The van der Waals surface area contributed by atoms with E-state index in [-0.39, 0.29) is 11.1 Å². The van der Waals surface area contributed by atoms with E-state index in [1.807, 2.05) is 66.2 Å². The third-order valence-electron chi connectivity index (χ3n) is 7.33. The molecule has 6 rings (SSSR count). The van der Waals surface area contributed by atoms with Crippen LogP contribution in [0.15, 0.2) is 66.7 Å². The number of nitrogens with zero attached hydrogens (tertiary/aromatic N) is 3. The van der Waals surface area contributed by atoms with Crippen LogP contribution in [0.3, 0.4) is 0 Å². The Labute approximate surface area is 231 Å². The van der Waals surface area contributed by atoms with Crippen LogP contribution in [-0.2, 0) is 24.9 Å². The molecule has 0 aliphatic carbocycles. The van der Waals surface area contributed by atoms with E-state index in [0.29, 0.717) is 18.8 Å². The van der Waals surface area contributed by atoms with Gasteiger partial charge in [0.1, 0.15) is 28.7 Å². The van der Waals surface area contributed by atoms with Gasteiger partial charge in [-0.15, -0.1) is 0 Å². The fourth-order valence-electron chi connectivity index (χ4n) is 5.16. The van der Waals surface area contributed by atoms with Gasteiger partial charge in [-0.1, -0.05) is 24.3 Å². The summed E-state index contributed by atoms with van der Waals surface area (Å²) < 4.78 is 13.6. The molecule has 39 heavy (non-hydrogen) atoms. The number of imidazole rings is 1. The van der Waals surface area contributed by atoms with E-state index < -0.39 is 4.75 Å². The average Bonchev–Trinajstić information content (AvgIpc) is 3.63. The van der Waals surface area contributed by atoms with Crippen LogP contribution in [0.1, 0.15) is 31.2 Å². The van der Waals surface area contributed by atoms with Crippen LogP contribution in [0.4, 0.5) is 10.5 Å². The Morgan fingerprint density at radius 3 is 2.49 bits per heavy atom. The normalized spacial score (nSPS) is 19.1. The summed E-state index contributed by atoms with van der Waals surface area (Å²) in [6.45, 7) is 4.22. The summed E-state index contributed by atoms with van der Waals surface area (Å²) in [5.74, 6) is 2.89. The fraction of sp³-hybridized carbons (Fsp3) is 0.300. The summed E-state index contributed by atoms with van der Waals surface area (Å²) in [7, 11) is 1.98. The van der Waals surface area contributed by atoms with Gasteiger partial charge >= 0.3 is 0 Å². The number of thioether (sulfide) groups is 1. The fourth-order valence-corrected chi connectivity index (χ4v) is 6.10. The van der Waals surface area contributed by atoms with Gasteiger partial charge in [0.25, 0.3) is 5.24 Å². The molecule has 2 fully saturated rings. The lowest BCUT2D eigenvalue weighted by molar-refractivity contribution is -0.121. The Kier molecular flexibility index (Phi) is 6.68. The summed E-state index contributed by atoms with van der Waals surface area (Å²) in [4.78, 5) is 30.9. The first-order valence-corrected chi connectivity index (χ1v) is 13.9. The zero-order valence-electron chi connectivity index (χ0n) is 22.0. The van der Waals surface area contributed by atoms with Crippen LogP contribution in [-0.4, -0.2) is 38.5 Å². The number of para-hydroxylation sites is 2. The second-order valence-electron chi connectivity index (χ2n) is 10.2. The number of anilines is 1. The highest BCUT2D eigenvalue weighted by Crippen LogP contribution is 2.36. The van der Waals surface area contributed by atoms with Crippen molar-refractivity contribution in [3.63, 3.8) is 0 Å².